The lowest BCUT2D eigenvalue weighted by Crippen LogP contribution is -2.23. The van der Waals surface area contributed by atoms with Gasteiger partial charge in [-0.15, -0.1) is 0 Å². The van der Waals surface area contributed by atoms with Gasteiger partial charge in [0.15, 0.2) is 0 Å². The third kappa shape index (κ3) is 5.68. The molecule has 1 atom stereocenters. The molecule has 0 fully saturated rings. The van der Waals surface area contributed by atoms with Gasteiger partial charge in [0.25, 0.3) is 0 Å². The molecule has 0 saturated heterocycles. The Hall–Kier alpha value is -0.740. The van der Waals surface area contributed by atoms with Crippen LogP contribution in [0.25, 0.3) is 0 Å². The second-order valence-electron chi connectivity index (χ2n) is 7.25. The van der Waals surface area contributed by atoms with E-state index >= 15 is 0 Å². The lowest BCUT2D eigenvalue weighted by Gasteiger charge is -2.24. The molecule has 3 heteroatoms. The summed E-state index contributed by atoms with van der Waals surface area (Å²) in [7, 11) is 0.482. The average molecular weight is 345 g/mol. The summed E-state index contributed by atoms with van der Waals surface area (Å²) < 4.78 is 0. The van der Waals surface area contributed by atoms with Gasteiger partial charge in [0, 0.05) is 6.29 Å². The van der Waals surface area contributed by atoms with Crippen LogP contribution in [0.2, 0.25) is 0 Å². The zero-order valence-electron chi connectivity index (χ0n) is 15.0. The largest absolute Gasteiger partial charge is 0.293 e. The van der Waals surface area contributed by atoms with Crippen LogP contribution in [-0.2, 0) is 0 Å². The molecular weight excluding hydrogens is 316 g/mol. The van der Waals surface area contributed by atoms with E-state index in [-0.39, 0.29) is 7.92 Å². The monoisotopic (exact) mass is 345 g/mol. The van der Waals surface area contributed by atoms with Gasteiger partial charge in [-0.1, -0.05) is 78.0 Å². The summed E-state index contributed by atoms with van der Waals surface area (Å²) >= 11 is 0. The molecule has 2 aromatic carbocycles. The van der Waals surface area contributed by atoms with E-state index in [2.05, 4.69) is 88.2 Å². The standard InChI is InChI=1S/C20H29NP2/c1-16-10-6-8-12-18(16)23(15-21-22-14-20(3,4)5)19-13-9-7-11-17(19)2/h6-13,21-22H,14-15H2,1-5H3. The van der Waals surface area contributed by atoms with E-state index in [4.69, 9.17) is 0 Å². The van der Waals surface area contributed by atoms with Crippen molar-refractivity contribution in [2.75, 3.05) is 12.4 Å². The van der Waals surface area contributed by atoms with Gasteiger partial charge in [-0.2, -0.15) is 0 Å². The molecule has 0 amide bonds. The van der Waals surface area contributed by atoms with Gasteiger partial charge in [-0.3, -0.25) is 5.09 Å². The zero-order valence-corrected chi connectivity index (χ0v) is 16.9. The predicted molar refractivity (Wildman–Crippen MR) is 109 cm³/mol. The molecule has 1 unspecified atom stereocenters. The summed E-state index contributed by atoms with van der Waals surface area (Å²) in [4.78, 5) is 0. The summed E-state index contributed by atoms with van der Waals surface area (Å²) in [5.74, 6) is 0. The van der Waals surface area contributed by atoms with Gasteiger partial charge in [-0.25, -0.2) is 0 Å². The summed E-state index contributed by atoms with van der Waals surface area (Å²) in [6, 6.07) is 17.7. The van der Waals surface area contributed by atoms with Crippen molar-refractivity contribution in [2.24, 2.45) is 5.41 Å². The quantitative estimate of drug-likeness (QED) is 0.579. The van der Waals surface area contributed by atoms with Crippen molar-refractivity contribution in [3.8, 4) is 0 Å². The number of benzene rings is 2. The van der Waals surface area contributed by atoms with Crippen molar-refractivity contribution in [3.05, 3.63) is 59.7 Å². The first-order valence-electron chi connectivity index (χ1n) is 8.23. The molecule has 0 spiro atoms. The maximum atomic E-state index is 3.75. The summed E-state index contributed by atoms with van der Waals surface area (Å²) in [5.41, 5.74) is 3.21. The number of hydrogen-bond acceptors (Lipinski definition) is 1. The fraction of sp³-hybridized carbons (Fsp3) is 0.400. The fourth-order valence-electron chi connectivity index (χ4n) is 2.50. The van der Waals surface area contributed by atoms with E-state index in [1.54, 1.807) is 0 Å². The SMILES string of the molecule is Cc1ccccc1P(CNPCC(C)(C)C)c1ccccc1C. The normalized spacial score (nSPS) is 12.4. The van der Waals surface area contributed by atoms with Crippen molar-refractivity contribution in [2.45, 2.75) is 34.6 Å². The first-order chi connectivity index (χ1) is 10.9. The van der Waals surface area contributed by atoms with E-state index in [1.807, 2.05) is 0 Å². The Labute approximate surface area is 144 Å². The topological polar surface area (TPSA) is 12.0 Å². The second kappa shape index (κ2) is 8.39. The maximum absolute atomic E-state index is 3.75. The van der Waals surface area contributed by atoms with Gasteiger partial charge >= 0.3 is 0 Å². The molecule has 124 valence electrons. The highest BCUT2D eigenvalue weighted by Gasteiger charge is 2.17. The molecule has 2 aromatic rings. The lowest BCUT2D eigenvalue weighted by atomic mass is 10.0. The smallest absolute Gasteiger partial charge is 0.0271 e. The maximum Gasteiger partial charge on any atom is 0.0271 e. The molecular formula is C20H29NP2. The Balaban J connectivity index is 2.20. The number of hydrogen-bond donors (Lipinski definition) is 1. The molecule has 0 saturated carbocycles. The Morgan fingerprint density at radius 2 is 1.35 bits per heavy atom. The minimum atomic E-state index is -0.344. The predicted octanol–water partition coefficient (Wildman–Crippen LogP) is 4.92. The highest BCUT2D eigenvalue weighted by molar-refractivity contribution is 7.73. The van der Waals surface area contributed by atoms with Crippen molar-refractivity contribution in [3.63, 3.8) is 0 Å². The van der Waals surface area contributed by atoms with Gasteiger partial charge in [-0.05, 0) is 55.1 Å². The summed E-state index contributed by atoms with van der Waals surface area (Å²) in [6.07, 6.45) is 2.30. The number of nitrogens with one attached hydrogen (secondary N) is 1. The Morgan fingerprint density at radius 1 is 0.870 bits per heavy atom. The minimum absolute atomic E-state index is 0.344. The first kappa shape index (κ1) is 18.6. The Morgan fingerprint density at radius 3 is 1.78 bits per heavy atom. The van der Waals surface area contributed by atoms with E-state index in [0.29, 0.717) is 5.41 Å². The van der Waals surface area contributed by atoms with Gasteiger partial charge in [0.1, 0.15) is 0 Å². The van der Waals surface area contributed by atoms with Crippen LogP contribution in [0.5, 0.6) is 0 Å². The molecule has 0 aliphatic carbocycles. The van der Waals surface area contributed by atoms with Crippen molar-refractivity contribution in [1.29, 1.82) is 0 Å². The van der Waals surface area contributed by atoms with Gasteiger partial charge in [0.2, 0.25) is 0 Å². The van der Waals surface area contributed by atoms with Gasteiger partial charge < -0.3 is 0 Å². The Kier molecular flexibility index (Phi) is 6.78. The molecule has 23 heavy (non-hydrogen) atoms. The van der Waals surface area contributed by atoms with Crippen LogP contribution in [-0.4, -0.2) is 12.4 Å². The fourth-order valence-corrected chi connectivity index (χ4v) is 6.36. The third-order valence-electron chi connectivity index (χ3n) is 3.79. The molecule has 0 aliphatic rings. The molecule has 0 bridgehead atoms. The molecule has 1 nitrogen and oxygen atoms in total. The average Bonchev–Trinajstić information content (AvgIpc) is 2.49. The van der Waals surface area contributed by atoms with Crippen LogP contribution >= 0.6 is 16.7 Å². The molecule has 2 rings (SSSR count). The third-order valence-corrected chi connectivity index (χ3v) is 8.40. The van der Waals surface area contributed by atoms with Crippen LogP contribution < -0.4 is 15.7 Å². The highest BCUT2D eigenvalue weighted by Crippen LogP contribution is 2.36. The van der Waals surface area contributed by atoms with Crippen LogP contribution in [0.15, 0.2) is 48.5 Å². The minimum Gasteiger partial charge on any atom is -0.293 e. The van der Waals surface area contributed by atoms with Crippen LogP contribution in [0, 0.1) is 19.3 Å². The van der Waals surface area contributed by atoms with E-state index in [1.165, 1.54) is 27.9 Å². The van der Waals surface area contributed by atoms with Crippen molar-refractivity contribution < 1.29 is 0 Å². The Bertz CT molecular complexity index is 586. The first-order valence-corrected chi connectivity index (χ1v) is 11.0. The molecule has 0 heterocycles. The molecule has 1 N–H and O–H groups in total. The second-order valence-corrected chi connectivity index (χ2v) is 10.4. The van der Waals surface area contributed by atoms with E-state index in [0.717, 1.165) is 15.0 Å². The van der Waals surface area contributed by atoms with E-state index in [9.17, 15) is 0 Å². The molecule has 0 aliphatic heterocycles. The van der Waals surface area contributed by atoms with Crippen molar-refractivity contribution >= 4 is 27.3 Å². The van der Waals surface area contributed by atoms with Crippen LogP contribution in [0.3, 0.4) is 0 Å². The summed E-state index contributed by atoms with van der Waals surface area (Å²) in [5, 5.41) is 6.76. The van der Waals surface area contributed by atoms with Crippen LogP contribution in [0.1, 0.15) is 31.9 Å². The number of rotatable bonds is 6. The van der Waals surface area contributed by atoms with Crippen molar-refractivity contribution in [1.82, 2.24) is 5.09 Å². The molecule has 0 radical (unpaired) electrons. The highest BCUT2D eigenvalue weighted by atomic mass is 31.1. The zero-order chi connectivity index (χ0) is 16.9. The van der Waals surface area contributed by atoms with Gasteiger partial charge in [0.05, 0.1) is 0 Å². The molecule has 0 aromatic heterocycles. The summed E-state index contributed by atoms with van der Waals surface area (Å²) in [6.45, 7) is 11.4. The number of aryl methyl sites for hydroxylation is 2. The lowest BCUT2D eigenvalue weighted by molar-refractivity contribution is 0.478. The van der Waals surface area contributed by atoms with Crippen LogP contribution in [0.4, 0.5) is 0 Å². The van der Waals surface area contributed by atoms with E-state index < -0.39 is 0 Å².